The van der Waals surface area contributed by atoms with Gasteiger partial charge in [-0.3, -0.25) is 9.59 Å². The largest absolute Gasteiger partial charge is 0.466 e. The lowest BCUT2D eigenvalue weighted by atomic mass is 10.1. The topological polar surface area (TPSA) is 52.6 Å². The van der Waals surface area contributed by atoms with E-state index < -0.39 is 0 Å². The molecule has 19 heavy (non-hydrogen) atoms. The van der Waals surface area contributed by atoms with Gasteiger partial charge < -0.3 is 9.47 Å². The van der Waals surface area contributed by atoms with Crippen LogP contribution >= 0.6 is 0 Å². The van der Waals surface area contributed by atoms with Crippen molar-refractivity contribution in [2.75, 3.05) is 13.2 Å². The van der Waals surface area contributed by atoms with E-state index in [1.165, 1.54) is 0 Å². The highest BCUT2D eigenvalue weighted by Crippen LogP contribution is 2.05. The first-order valence-corrected chi connectivity index (χ1v) is 7.37. The third kappa shape index (κ3) is 13.2. The van der Waals surface area contributed by atoms with Crippen LogP contribution in [0.5, 0.6) is 0 Å². The number of unbranched alkanes of at least 4 members (excludes halogenated alkanes) is 2. The van der Waals surface area contributed by atoms with Crippen LogP contribution in [0.1, 0.15) is 65.7 Å². The summed E-state index contributed by atoms with van der Waals surface area (Å²) >= 11 is 0. The minimum atomic E-state index is -0.167. The zero-order valence-corrected chi connectivity index (χ0v) is 12.6. The molecule has 0 bridgehead atoms. The van der Waals surface area contributed by atoms with Crippen molar-refractivity contribution < 1.29 is 19.1 Å². The van der Waals surface area contributed by atoms with E-state index >= 15 is 0 Å². The lowest BCUT2D eigenvalue weighted by Crippen LogP contribution is -2.08. The quantitative estimate of drug-likeness (QED) is 0.427. The van der Waals surface area contributed by atoms with E-state index in [9.17, 15) is 9.59 Å². The second-order valence-corrected chi connectivity index (χ2v) is 5.18. The maximum atomic E-state index is 11.3. The molecule has 0 saturated heterocycles. The van der Waals surface area contributed by atoms with Crippen LogP contribution in [0.15, 0.2) is 0 Å². The number of hydrogen-bond donors (Lipinski definition) is 0. The fraction of sp³-hybridized carbons (Fsp3) is 0.867. The number of ether oxygens (including phenoxy) is 2. The van der Waals surface area contributed by atoms with Crippen LogP contribution in [0.2, 0.25) is 0 Å². The molecule has 0 spiro atoms. The van der Waals surface area contributed by atoms with Gasteiger partial charge in [0.2, 0.25) is 0 Å². The predicted octanol–water partition coefficient (Wildman–Crippen LogP) is 3.48. The Balaban J connectivity index is 3.37. The summed E-state index contributed by atoms with van der Waals surface area (Å²) in [7, 11) is 0. The first kappa shape index (κ1) is 17.9. The minimum Gasteiger partial charge on any atom is -0.466 e. The maximum absolute atomic E-state index is 11.3. The Kier molecular flexibility index (Phi) is 11.3. The van der Waals surface area contributed by atoms with Gasteiger partial charge in [-0.15, -0.1) is 0 Å². The monoisotopic (exact) mass is 272 g/mol. The Bertz CT molecular complexity index is 249. The molecule has 0 aliphatic heterocycles. The Hall–Kier alpha value is -1.06. The summed E-state index contributed by atoms with van der Waals surface area (Å²) in [4.78, 5) is 22.6. The van der Waals surface area contributed by atoms with Gasteiger partial charge in [0.1, 0.15) is 0 Å². The fourth-order valence-electron chi connectivity index (χ4n) is 1.42. The zero-order chi connectivity index (χ0) is 14.5. The standard InChI is InChI=1S/C15H28O4/c1-4-5-11-18-14(16)8-6-7-9-15(17)19-12-10-13(2)3/h13H,4-12H2,1-3H3. The molecule has 0 heterocycles. The summed E-state index contributed by atoms with van der Waals surface area (Å²) in [6.45, 7) is 7.25. The molecule has 0 unspecified atom stereocenters. The lowest BCUT2D eigenvalue weighted by molar-refractivity contribution is -0.146. The molecule has 0 aromatic heterocycles. The summed E-state index contributed by atoms with van der Waals surface area (Å²) in [5.41, 5.74) is 0. The molecule has 0 saturated carbocycles. The highest BCUT2D eigenvalue weighted by atomic mass is 16.5. The molecule has 4 nitrogen and oxygen atoms in total. The lowest BCUT2D eigenvalue weighted by Gasteiger charge is -2.06. The van der Waals surface area contributed by atoms with Crippen molar-refractivity contribution in [3.8, 4) is 0 Å². The van der Waals surface area contributed by atoms with Crippen LogP contribution in [0.25, 0.3) is 0 Å². The van der Waals surface area contributed by atoms with Crippen molar-refractivity contribution >= 4 is 11.9 Å². The molecular weight excluding hydrogens is 244 g/mol. The average molecular weight is 272 g/mol. The van der Waals surface area contributed by atoms with E-state index in [2.05, 4.69) is 20.8 Å². The first-order chi connectivity index (χ1) is 9.06. The number of hydrogen-bond acceptors (Lipinski definition) is 4. The van der Waals surface area contributed by atoms with Crippen LogP contribution in [0.4, 0.5) is 0 Å². The normalized spacial score (nSPS) is 10.5. The number of rotatable bonds is 11. The van der Waals surface area contributed by atoms with E-state index in [0.29, 0.717) is 44.8 Å². The van der Waals surface area contributed by atoms with Gasteiger partial charge >= 0.3 is 11.9 Å². The van der Waals surface area contributed by atoms with Crippen molar-refractivity contribution in [3.63, 3.8) is 0 Å². The molecule has 4 heteroatoms. The van der Waals surface area contributed by atoms with Crippen LogP contribution in [0.3, 0.4) is 0 Å². The molecule has 0 radical (unpaired) electrons. The Morgan fingerprint density at radius 3 is 1.89 bits per heavy atom. The van der Waals surface area contributed by atoms with Gasteiger partial charge in [0.05, 0.1) is 13.2 Å². The SMILES string of the molecule is CCCCOC(=O)CCCCC(=O)OCCC(C)C. The Morgan fingerprint density at radius 1 is 0.895 bits per heavy atom. The summed E-state index contributed by atoms with van der Waals surface area (Å²) in [6, 6.07) is 0. The van der Waals surface area contributed by atoms with Crippen molar-refractivity contribution in [3.05, 3.63) is 0 Å². The molecule has 0 atom stereocenters. The summed E-state index contributed by atoms with van der Waals surface area (Å²) in [5, 5.41) is 0. The fourth-order valence-corrected chi connectivity index (χ4v) is 1.42. The van der Waals surface area contributed by atoms with Gasteiger partial charge in [0.15, 0.2) is 0 Å². The molecule has 0 aromatic rings. The summed E-state index contributed by atoms with van der Waals surface area (Å²) < 4.78 is 10.1. The molecule has 0 aliphatic carbocycles. The van der Waals surface area contributed by atoms with Crippen LogP contribution in [-0.4, -0.2) is 25.2 Å². The van der Waals surface area contributed by atoms with Crippen molar-refractivity contribution in [1.29, 1.82) is 0 Å². The molecule has 0 amide bonds. The molecule has 0 aliphatic rings. The van der Waals surface area contributed by atoms with Crippen LogP contribution < -0.4 is 0 Å². The molecular formula is C15H28O4. The van der Waals surface area contributed by atoms with Crippen molar-refractivity contribution in [2.24, 2.45) is 5.92 Å². The van der Waals surface area contributed by atoms with Gasteiger partial charge in [-0.1, -0.05) is 27.2 Å². The minimum absolute atomic E-state index is 0.165. The number of carbonyl (C=O) groups excluding carboxylic acids is 2. The predicted molar refractivity (Wildman–Crippen MR) is 74.7 cm³/mol. The zero-order valence-electron chi connectivity index (χ0n) is 12.6. The smallest absolute Gasteiger partial charge is 0.305 e. The molecule has 0 aromatic carbocycles. The van der Waals surface area contributed by atoms with Crippen molar-refractivity contribution in [1.82, 2.24) is 0 Å². The van der Waals surface area contributed by atoms with Gasteiger partial charge in [0, 0.05) is 12.8 Å². The molecule has 0 N–H and O–H groups in total. The number of carbonyl (C=O) groups is 2. The summed E-state index contributed by atoms with van der Waals surface area (Å²) in [6.07, 6.45) is 4.98. The molecule has 0 fully saturated rings. The molecule has 112 valence electrons. The highest BCUT2D eigenvalue weighted by Gasteiger charge is 2.06. The number of esters is 2. The highest BCUT2D eigenvalue weighted by molar-refractivity contribution is 5.70. The van der Waals surface area contributed by atoms with Gasteiger partial charge in [-0.25, -0.2) is 0 Å². The maximum Gasteiger partial charge on any atom is 0.305 e. The van der Waals surface area contributed by atoms with Crippen LogP contribution in [0, 0.1) is 5.92 Å². The van der Waals surface area contributed by atoms with E-state index in [4.69, 9.17) is 9.47 Å². The third-order valence-electron chi connectivity index (χ3n) is 2.73. The van der Waals surface area contributed by atoms with Gasteiger partial charge in [-0.2, -0.15) is 0 Å². The third-order valence-corrected chi connectivity index (χ3v) is 2.73. The summed E-state index contributed by atoms with van der Waals surface area (Å²) in [5.74, 6) is 0.215. The van der Waals surface area contributed by atoms with E-state index in [0.717, 1.165) is 19.3 Å². The van der Waals surface area contributed by atoms with Crippen molar-refractivity contribution in [2.45, 2.75) is 65.7 Å². The Morgan fingerprint density at radius 2 is 1.42 bits per heavy atom. The van der Waals surface area contributed by atoms with Gasteiger partial charge in [-0.05, 0) is 31.6 Å². The first-order valence-electron chi connectivity index (χ1n) is 7.37. The second kappa shape index (κ2) is 12.0. The van der Waals surface area contributed by atoms with E-state index in [-0.39, 0.29) is 11.9 Å². The van der Waals surface area contributed by atoms with E-state index in [1.54, 1.807) is 0 Å². The molecule has 0 rings (SSSR count). The van der Waals surface area contributed by atoms with Crippen LogP contribution in [-0.2, 0) is 19.1 Å². The van der Waals surface area contributed by atoms with Gasteiger partial charge in [0.25, 0.3) is 0 Å². The second-order valence-electron chi connectivity index (χ2n) is 5.18. The average Bonchev–Trinajstić information content (AvgIpc) is 2.34. The Labute approximate surface area is 116 Å². The van der Waals surface area contributed by atoms with E-state index in [1.807, 2.05) is 0 Å².